The minimum atomic E-state index is -2.96. The Labute approximate surface area is 115 Å². The van der Waals surface area contributed by atoms with E-state index in [0.717, 1.165) is 5.69 Å². The molecule has 7 heteroatoms. The van der Waals surface area contributed by atoms with Crippen LogP contribution in [0.15, 0.2) is 24.3 Å². The van der Waals surface area contributed by atoms with E-state index in [1.165, 1.54) is 11.8 Å². The molecule has 0 spiro atoms. The van der Waals surface area contributed by atoms with E-state index in [4.69, 9.17) is 17.3 Å². The summed E-state index contributed by atoms with van der Waals surface area (Å²) in [5, 5.41) is 1.24. The average molecular weight is 304 g/mol. The first-order valence-electron chi connectivity index (χ1n) is 5.51. The molecule has 1 saturated heterocycles. The highest BCUT2D eigenvalue weighted by Gasteiger charge is 2.50. The number of benzene rings is 1. The molecule has 1 aromatic rings. The van der Waals surface area contributed by atoms with Crippen LogP contribution in [0.2, 0.25) is 5.02 Å². The maximum absolute atomic E-state index is 11.7. The molecule has 0 saturated carbocycles. The van der Waals surface area contributed by atoms with Crippen molar-refractivity contribution in [3.05, 3.63) is 29.3 Å². The largest absolute Gasteiger partial charge is 0.310 e. The summed E-state index contributed by atoms with van der Waals surface area (Å²) in [7, 11) is -2.96. The molecule has 2 unspecified atom stereocenters. The van der Waals surface area contributed by atoms with Crippen LogP contribution in [0, 0.1) is 0 Å². The van der Waals surface area contributed by atoms with Gasteiger partial charge in [-0.1, -0.05) is 23.7 Å². The van der Waals surface area contributed by atoms with Crippen LogP contribution in [-0.2, 0) is 9.84 Å². The fourth-order valence-electron chi connectivity index (χ4n) is 2.47. The highest BCUT2D eigenvalue weighted by Crippen LogP contribution is 2.38. The van der Waals surface area contributed by atoms with Crippen molar-refractivity contribution >= 4 is 44.1 Å². The predicted octanol–water partition coefficient (Wildman–Crippen LogP) is 1.21. The Balaban J connectivity index is 2.07. The summed E-state index contributed by atoms with van der Waals surface area (Å²) in [5.41, 5.74) is 6.80. The van der Waals surface area contributed by atoms with Crippen molar-refractivity contribution in [1.82, 2.24) is 0 Å². The number of fused-ring (bicyclic) bond motifs is 1. The van der Waals surface area contributed by atoms with E-state index in [1.807, 2.05) is 22.8 Å². The quantitative estimate of drug-likeness (QED) is 0.792. The Kier molecular flexibility index (Phi) is 2.84. The third-order valence-corrected chi connectivity index (χ3v) is 6.69. The van der Waals surface area contributed by atoms with Crippen molar-refractivity contribution in [2.45, 2.75) is 11.3 Å². The van der Waals surface area contributed by atoms with Crippen LogP contribution in [0.1, 0.15) is 0 Å². The number of thioether (sulfide) groups is 1. The van der Waals surface area contributed by atoms with Crippen LogP contribution in [0.5, 0.6) is 0 Å². The monoisotopic (exact) mass is 303 g/mol. The molecule has 0 radical (unpaired) electrons. The second-order valence-corrected chi connectivity index (χ2v) is 8.28. The number of halogens is 1. The fourth-order valence-corrected chi connectivity index (χ4v) is 6.51. The molecule has 2 heterocycles. The molecule has 1 fully saturated rings. The van der Waals surface area contributed by atoms with Gasteiger partial charge in [-0.25, -0.2) is 13.0 Å². The van der Waals surface area contributed by atoms with Gasteiger partial charge in [0.2, 0.25) is 0 Å². The standard InChI is InChI=1S/C11H11ClN2O2S2/c12-7-3-1-2-4-8(7)14-9-5-18(15,16)6-10(9)17-11(14)13/h1-4,9-10,13H,5-6H2/p+1. The molecule has 2 aliphatic heterocycles. The third kappa shape index (κ3) is 1.92. The third-order valence-electron chi connectivity index (χ3n) is 3.23. The first-order chi connectivity index (χ1) is 8.48. The second-order valence-electron chi connectivity index (χ2n) is 4.46. The molecule has 0 aromatic heterocycles. The van der Waals surface area contributed by atoms with Crippen LogP contribution in [0.4, 0.5) is 5.69 Å². The van der Waals surface area contributed by atoms with Crippen molar-refractivity contribution in [1.29, 1.82) is 0 Å². The number of para-hydroxylation sites is 1. The Hall–Kier alpha value is -0.720. The molecule has 18 heavy (non-hydrogen) atoms. The lowest BCUT2D eigenvalue weighted by molar-refractivity contribution is -0.470. The molecule has 1 aromatic carbocycles. The number of hydrogen-bond acceptors (Lipinski definition) is 4. The van der Waals surface area contributed by atoms with Crippen molar-refractivity contribution in [3.8, 4) is 0 Å². The molecular formula is C11H12ClN2O2S2+. The lowest BCUT2D eigenvalue weighted by Crippen LogP contribution is -2.29. The summed E-state index contributed by atoms with van der Waals surface area (Å²) in [5.74, 6) is 0.348. The topological polar surface area (TPSA) is 63.2 Å². The van der Waals surface area contributed by atoms with Crippen LogP contribution in [-0.4, -0.2) is 41.0 Å². The van der Waals surface area contributed by atoms with Gasteiger partial charge in [0.05, 0.1) is 21.8 Å². The van der Waals surface area contributed by atoms with E-state index >= 15 is 0 Å². The first-order valence-corrected chi connectivity index (χ1v) is 8.59. The number of nitrogens with two attached hydrogens (primary N) is 1. The Morgan fingerprint density at radius 1 is 1.33 bits per heavy atom. The van der Waals surface area contributed by atoms with Crippen LogP contribution in [0.25, 0.3) is 0 Å². The molecule has 2 atom stereocenters. The summed E-state index contributed by atoms with van der Waals surface area (Å²) >= 11 is 7.59. The Bertz CT molecular complexity index is 642. The molecule has 2 N–H and O–H groups in total. The van der Waals surface area contributed by atoms with Gasteiger partial charge in [-0.3, -0.25) is 5.73 Å². The SMILES string of the molecule is NC1=[N+](c2ccccc2Cl)C2CS(=O)(=O)CC2S1. The van der Waals surface area contributed by atoms with Gasteiger partial charge >= 0.3 is 5.17 Å². The van der Waals surface area contributed by atoms with Crippen molar-refractivity contribution in [2.75, 3.05) is 11.5 Å². The van der Waals surface area contributed by atoms with E-state index in [-0.39, 0.29) is 22.8 Å². The summed E-state index contributed by atoms with van der Waals surface area (Å²) in [6.45, 7) is 0. The van der Waals surface area contributed by atoms with E-state index < -0.39 is 9.84 Å². The molecular weight excluding hydrogens is 292 g/mol. The minimum absolute atomic E-state index is 0.0197. The maximum atomic E-state index is 11.7. The summed E-state index contributed by atoms with van der Waals surface area (Å²) < 4.78 is 25.2. The fraction of sp³-hybridized carbons (Fsp3) is 0.364. The van der Waals surface area contributed by atoms with Crippen LogP contribution < -0.4 is 5.73 Å². The highest BCUT2D eigenvalue weighted by atomic mass is 35.5. The van der Waals surface area contributed by atoms with Gasteiger partial charge in [-0.05, 0) is 23.9 Å². The smallest absolute Gasteiger partial charge is 0.281 e. The van der Waals surface area contributed by atoms with Crippen molar-refractivity contribution in [3.63, 3.8) is 0 Å². The van der Waals surface area contributed by atoms with E-state index in [9.17, 15) is 8.42 Å². The van der Waals surface area contributed by atoms with Crippen molar-refractivity contribution in [2.24, 2.45) is 5.73 Å². The van der Waals surface area contributed by atoms with Crippen LogP contribution in [0.3, 0.4) is 0 Å². The maximum Gasteiger partial charge on any atom is 0.310 e. The number of rotatable bonds is 1. The summed E-state index contributed by atoms with van der Waals surface area (Å²) in [4.78, 5) is 0. The van der Waals surface area contributed by atoms with E-state index in [2.05, 4.69) is 0 Å². The van der Waals surface area contributed by atoms with E-state index in [0.29, 0.717) is 10.2 Å². The molecule has 2 aliphatic rings. The minimum Gasteiger partial charge on any atom is -0.281 e. The van der Waals surface area contributed by atoms with Gasteiger partial charge in [0.25, 0.3) is 0 Å². The van der Waals surface area contributed by atoms with Gasteiger partial charge in [-0.15, -0.1) is 0 Å². The predicted molar refractivity (Wildman–Crippen MR) is 74.4 cm³/mol. The van der Waals surface area contributed by atoms with Gasteiger partial charge in [0, 0.05) is 0 Å². The Morgan fingerprint density at radius 2 is 2.06 bits per heavy atom. The lowest BCUT2D eigenvalue weighted by atomic mass is 10.2. The number of amidine groups is 1. The molecule has 4 nitrogen and oxygen atoms in total. The number of hydrogen-bond donors (Lipinski definition) is 1. The van der Waals surface area contributed by atoms with Gasteiger partial charge in [0.15, 0.2) is 9.84 Å². The van der Waals surface area contributed by atoms with E-state index in [1.54, 1.807) is 6.07 Å². The average Bonchev–Trinajstić information content (AvgIpc) is 2.70. The van der Waals surface area contributed by atoms with Crippen LogP contribution >= 0.6 is 23.4 Å². The molecule has 0 amide bonds. The Morgan fingerprint density at radius 3 is 2.78 bits per heavy atom. The zero-order valence-electron chi connectivity index (χ0n) is 9.41. The highest BCUT2D eigenvalue weighted by molar-refractivity contribution is 8.15. The second kappa shape index (κ2) is 4.15. The normalized spacial score (nSPS) is 29.6. The van der Waals surface area contributed by atoms with Gasteiger partial charge < -0.3 is 0 Å². The van der Waals surface area contributed by atoms with Gasteiger partial charge in [-0.2, -0.15) is 0 Å². The first kappa shape index (κ1) is 12.3. The lowest BCUT2D eigenvalue weighted by Gasteiger charge is -2.11. The number of nitrogens with zero attached hydrogens (tertiary/aromatic N) is 1. The molecule has 0 aliphatic carbocycles. The zero-order chi connectivity index (χ0) is 12.9. The van der Waals surface area contributed by atoms with Crippen molar-refractivity contribution < 1.29 is 13.0 Å². The van der Waals surface area contributed by atoms with Gasteiger partial charge in [0.1, 0.15) is 11.7 Å². The summed E-state index contributed by atoms with van der Waals surface area (Å²) in [6.07, 6.45) is 0. The zero-order valence-corrected chi connectivity index (χ0v) is 11.8. The molecule has 0 bridgehead atoms. The summed E-state index contributed by atoms with van der Waals surface area (Å²) in [6, 6.07) is 7.26. The molecule has 3 rings (SSSR count). The number of sulfone groups is 1. The molecule has 96 valence electrons.